The third-order valence-corrected chi connectivity index (χ3v) is 5.84. The summed E-state index contributed by atoms with van der Waals surface area (Å²) in [4.78, 5) is 45.6. The van der Waals surface area contributed by atoms with Crippen LogP contribution < -0.4 is 21.7 Å². The zero-order chi connectivity index (χ0) is 23.1. The van der Waals surface area contributed by atoms with Crippen LogP contribution in [0.1, 0.15) is 25.7 Å². The highest BCUT2D eigenvalue weighted by Crippen LogP contribution is 2.07. The first kappa shape index (κ1) is 28.2. The fourth-order valence-electron chi connectivity index (χ4n) is 1.98. The Morgan fingerprint density at radius 3 is 2.40 bits per heavy atom. The van der Waals surface area contributed by atoms with Gasteiger partial charge in [-0.3, -0.25) is 23.4 Å². The second kappa shape index (κ2) is 16.0. The van der Waals surface area contributed by atoms with Gasteiger partial charge in [-0.1, -0.05) is 24.0 Å². The highest BCUT2D eigenvalue weighted by Gasteiger charge is 2.23. The van der Waals surface area contributed by atoms with E-state index in [1.54, 1.807) is 6.26 Å². The third-order valence-electron chi connectivity index (χ3n) is 3.57. The van der Waals surface area contributed by atoms with Gasteiger partial charge < -0.3 is 31.9 Å². The van der Waals surface area contributed by atoms with E-state index in [1.165, 1.54) is 0 Å². The lowest BCUT2D eigenvalue weighted by atomic mass is 10.1. The van der Waals surface area contributed by atoms with Crippen LogP contribution in [-0.4, -0.2) is 85.4 Å². The van der Waals surface area contributed by atoms with Gasteiger partial charge in [0.1, 0.15) is 22.9 Å². The molecule has 0 aliphatic rings. The lowest BCUT2D eigenvalue weighted by Crippen LogP contribution is -2.49. The van der Waals surface area contributed by atoms with Gasteiger partial charge in [0, 0.05) is 41.5 Å². The van der Waals surface area contributed by atoms with E-state index in [1.807, 2.05) is 0 Å². The molecule has 0 spiro atoms. The monoisotopic (exact) mass is 484 g/mol. The number of thioether (sulfide) groups is 1. The van der Waals surface area contributed by atoms with Crippen LogP contribution >= 0.6 is 24.0 Å². The average Bonchev–Trinajstić information content (AvgIpc) is 2.66. The molecule has 30 heavy (non-hydrogen) atoms. The summed E-state index contributed by atoms with van der Waals surface area (Å²) in [5.41, 5.74) is 5.35. The molecule has 0 saturated carbocycles. The molecule has 14 heteroatoms. The summed E-state index contributed by atoms with van der Waals surface area (Å²) in [7, 11) is -0.846. The molecule has 0 aliphatic heterocycles. The molecular formula is C16H28N4O7S3. The van der Waals surface area contributed by atoms with E-state index < -0.39 is 53.2 Å². The molecular weight excluding hydrogens is 456 g/mol. The first-order valence-corrected chi connectivity index (χ1v) is 12.1. The van der Waals surface area contributed by atoms with Crippen LogP contribution in [0.3, 0.4) is 0 Å². The number of nitrogens with two attached hydrogens (primary N) is 1. The highest BCUT2D eigenvalue weighted by molar-refractivity contribution is 8.23. The predicted molar refractivity (Wildman–Crippen MR) is 119 cm³/mol. The first-order valence-electron chi connectivity index (χ1n) is 9.00. The van der Waals surface area contributed by atoms with Gasteiger partial charge in [0.05, 0.1) is 0 Å². The maximum Gasteiger partial charge on any atom is 0.322 e. The summed E-state index contributed by atoms with van der Waals surface area (Å²) in [5, 5.41) is 25.1. The number of carboxylic acid groups (broad SMARTS) is 2. The zero-order valence-electron chi connectivity index (χ0n) is 16.5. The van der Waals surface area contributed by atoms with Crippen LogP contribution in [0, 0.1) is 0 Å². The minimum absolute atomic E-state index is 0.0486. The molecule has 0 heterocycles. The molecule has 2 amide bonds. The molecule has 0 aliphatic carbocycles. The molecule has 0 bridgehead atoms. The Morgan fingerprint density at radius 2 is 1.83 bits per heavy atom. The lowest BCUT2D eigenvalue weighted by molar-refractivity contribution is -0.139. The van der Waals surface area contributed by atoms with Crippen molar-refractivity contribution >= 4 is 62.9 Å². The Kier molecular flexibility index (Phi) is 15.0. The van der Waals surface area contributed by atoms with Gasteiger partial charge >= 0.3 is 11.9 Å². The first-order chi connectivity index (χ1) is 14.0. The van der Waals surface area contributed by atoms with E-state index in [9.17, 15) is 23.4 Å². The normalized spacial score (nSPS) is 13.5. The second-order valence-electron chi connectivity index (χ2n) is 6.22. The van der Waals surface area contributed by atoms with Gasteiger partial charge in [-0.2, -0.15) is 0 Å². The number of hydrogen-bond acceptors (Lipinski definition) is 8. The molecule has 0 rings (SSSR count). The van der Waals surface area contributed by atoms with Crippen molar-refractivity contribution in [1.29, 1.82) is 0 Å². The number of amides is 2. The van der Waals surface area contributed by atoms with Gasteiger partial charge in [-0.15, -0.1) is 0 Å². The molecule has 0 fully saturated rings. The molecule has 172 valence electrons. The summed E-state index contributed by atoms with van der Waals surface area (Å²) < 4.78 is 11.4. The van der Waals surface area contributed by atoms with E-state index in [0.29, 0.717) is 16.6 Å². The van der Waals surface area contributed by atoms with Crippen molar-refractivity contribution in [2.24, 2.45) is 5.73 Å². The van der Waals surface area contributed by atoms with Gasteiger partial charge in [-0.25, -0.2) is 0 Å². The summed E-state index contributed by atoms with van der Waals surface area (Å²) in [6.45, 7) is -0.0421. The summed E-state index contributed by atoms with van der Waals surface area (Å²) in [6, 6.07) is -2.27. The van der Waals surface area contributed by atoms with Crippen LogP contribution in [0.2, 0.25) is 0 Å². The van der Waals surface area contributed by atoms with Crippen LogP contribution in [0.5, 0.6) is 0 Å². The molecule has 7 N–H and O–H groups in total. The van der Waals surface area contributed by atoms with Gasteiger partial charge in [0.15, 0.2) is 0 Å². The molecule has 0 radical (unpaired) electrons. The Hall–Kier alpha value is -1.77. The van der Waals surface area contributed by atoms with Crippen LogP contribution in [0.4, 0.5) is 0 Å². The minimum Gasteiger partial charge on any atom is -0.480 e. The Balaban J connectivity index is 4.58. The quantitative estimate of drug-likeness (QED) is 0.119. The largest absolute Gasteiger partial charge is 0.480 e. The molecule has 3 atom stereocenters. The molecule has 0 aromatic rings. The molecule has 0 saturated heterocycles. The second-order valence-corrected chi connectivity index (χ2v) is 9.48. The summed E-state index contributed by atoms with van der Waals surface area (Å²) in [5.74, 6) is -3.12. The van der Waals surface area contributed by atoms with Crippen molar-refractivity contribution in [3.8, 4) is 0 Å². The molecule has 11 nitrogen and oxygen atoms in total. The van der Waals surface area contributed by atoms with Crippen molar-refractivity contribution < 1.29 is 33.6 Å². The number of carbonyl (C=O) groups is 4. The Labute approximate surface area is 186 Å². The van der Waals surface area contributed by atoms with Crippen molar-refractivity contribution in [2.45, 2.75) is 37.8 Å². The van der Waals surface area contributed by atoms with Gasteiger partial charge in [-0.05, 0) is 19.3 Å². The summed E-state index contributed by atoms with van der Waals surface area (Å²) >= 11 is 6.27. The Morgan fingerprint density at radius 1 is 1.17 bits per heavy atom. The Bertz CT molecular complexity index is 648. The van der Waals surface area contributed by atoms with Crippen molar-refractivity contribution in [1.82, 2.24) is 16.0 Å². The topological polar surface area (TPSA) is 188 Å². The lowest BCUT2D eigenvalue weighted by Gasteiger charge is -2.18. The number of aliphatic carboxylic acids is 2. The number of unbranched alkanes of at least 4 members (excludes halogenated alkanes) is 1. The number of carboxylic acids is 2. The number of carbonyl (C=O) groups excluding carboxylic acids is 2. The molecule has 0 aromatic carbocycles. The van der Waals surface area contributed by atoms with E-state index >= 15 is 0 Å². The van der Waals surface area contributed by atoms with Crippen molar-refractivity contribution in [3.63, 3.8) is 0 Å². The highest BCUT2D eigenvalue weighted by atomic mass is 32.2. The van der Waals surface area contributed by atoms with Gasteiger partial charge in [0.25, 0.3) is 0 Å². The van der Waals surface area contributed by atoms with Gasteiger partial charge in [0.2, 0.25) is 11.8 Å². The number of thiocarbonyl (C=S) groups is 1. The SMILES string of the molecule is CS(=O)CCCCNC(=S)SC[C@@H](NC(=O)CC[C@@H](N)C(=O)O)C(=O)NCC(=O)O. The third kappa shape index (κ3) is 15.1. The minimum atomic E-state index is -1.24. The van der Waals surface area contributed by atoms with Crippen molar-refractivity contribution in [3.05, 3.63) is 0 Å². The number of hydrogen-bond donors (Lipinski definition) is 6. The van der Waals surface area contributed by atoms with Crippen LogP contribution in [0.25, 0.3) is 0 Å². The maximum absolute atomic E-state index is 12.2. The standard InChI is InChI=1S/C16H28N4O7S3/c1-30(27)7-3-2-6-18-16(28)29-9-11(14(24)19-8-13(22)23)20-12(21)5-4-10(17)15(25)26/h10-11H,2-9,17H2,1H3,(H,18,28)(H,19,24)(H,20,21)(H,22,23)(H,25,26)/t10-,11-,30?/m1/s1. The van der Waals surface area contributed by atoms with E-state index in [0.717, 1.165) is 24.6 Å². The summed E-state index contributed by atoms with van der Waals surface area (Å²) in [6.07, 6.45) is 2.86. The zero-order valence-corrected chi connectivity index (χ0v) is 19.0. The molecule has 1 unspecified atom stereocenters. The maximum atomic E-state index is 12.2. The number of rotatable bonds is 15. The number of nitrogens with one attached hydrogen (secondary N) is 3. The smallest absolute Gasteiger partial charge is 0.322 e. The van der Waals surface area contributed by atoms with Crippen molar-refractivity contribution in [2.75, 3.05) is 30.9 Å². The molecule has 0 aromatic heterocycles. The van der Waals surface area contributed by atoms with Crippen LogP contribution in [-0.2, 0) is 30.0 Å². The van der Waals surface area contributed by atoms with E-state index in [-0.39, 0.29) is 18.6 Å². The van der Waals surface area contributed by atoms with E-state index in [2.05, 4.69) is 16.0 Å². The average molecular weight is 485 g/mol. The predicted octanol–water partition coefficient (Wildman–Crippen LogP) is -1.37. The fourth-order valence-corrected chi connectivity index (χ4v) is 3.65. The fraction of sp³-hybridized carbons (Fsp3) is 0.688. The van der Waals surface area contributed by atoms with E-state index in [4.69, 9.17) is 28.2 Å². The van der Waals surface area contributed by atoms with Crippen LogP contribution in [0.15, 0.2) is 0 Å².